The molecule has 0 radical (unpaired) electrons. The zero-order valence-corrected chi connectivity index (χ0v) is 13.9. The van der Waals surface area contributed by atoms with Crippen molar-refractivity contribution in [3.8, 4) is 11.5 Å². The lowest BCUT2D eigenvalue weighted by molar-refractivity contribution is 0.101. The number of aromatic hydroxyl groups is 2. The first-order valence-corrected chi connectivity index (χ1v) is 7.05. The normalized spacial score (nSPS) is 9.87. The molecule has 23 heavy (non-hydrogen) atoms. The molecule has 124 valence electrons. The van der Waals surface area contributed by atoms with Gasteiger partial charge in [0.15, 0.2) is 5.78 Å². The fraction of sp³-hybridized carbons (Fsp3) is 0.222. The van der Waals surface area contributed by atoms with Crippen molar-refractivity contribution in [2.24, 2.45) is 10.7 Å². The van der Waals surface area contributed by atoms with Crippen LogP contribution in [0.3, 0.4) is 0 Å². The molecule has 2 rings (SSSR count). The molecule has 0 spiro atoms. The lowest BCUT2D eigenvalue weighted by Gasteiger charge is -2.00. The first-order chi connectivity index (χ1) is 11.0. The Bertz CT molecular complexity index is 652. The molecule has 0 unspecified atom stereocenters. The number of aliphatic imine (C=N–C) groups is 1. The highest BCUT2D eigenvalue weighted by Gasteiger charge is 2.02. The molecule has 0 heterocycles. The quantitative estimate of drug-likeness (QED) is 0.586. The third-order valence-electron chi connectivity index (χ3n) is 2.91. The van der Waals surface area contributed by atoms with Crippen LogP contribution in [-0.2, 0) is 0 Å². The van der Waals surface area contributed by atoms with Gasteiger partial charge in [-0.05, 0) is 45.2 Å². The van der Waals surface area contributed by atoms with Crippen LogP contribution in [0.5, 0.6) is 11.5 Å². The number of Topliss-reactive ketones (excluding diaryl/α,β-unsaturated/α-hetero) is 1. The molecule has 0 saturated carbocycles. The van der Waals surface area contributed by atoms with Gasteiger partial charge in [0.1, 0.15) is 11.5 Å². The maximum Gasteiger partial charge on any atom is 0.163 e. The third-order valence-corrected chi connectivity index (χ3v) is 2.91. The fourth-order valence-electron chi connectivity index (χ4n) is 1.67. The molecule has 0 amide bonds. The second-order valence-corrected chi connectivity index (χ2v) is 4.40. The van der Waals surface area contributed by atoms with E-state index >= 15 is 0 Å². The van der Waals surface area contributed by atoms with Crippen LogP contribution < -0.4 is 5.73 Å². The predicted octanol–water partition coefficient (Wildman–Crippen LogP) is 3.00. The van der Waals surface area contributed by atoms with Gasteiger partial charge in [-0.3, -0.25) is 9.79 Å². The molecule has 4 N–H and O–H groups in total. The summed E-state index contributed by atoms with van der Waals surface area (Å²) in [5.41, 5.74) is 6.53. The predicted molar refractivity (Wildman–Crippen MR) is 94.5 cm³/mol. The van der Waals surface area contributed by atoms with E-state index in [1.165, 1.54) is 20.0 Å². The van der Waals surface area contributed by atoms with Crippen molar-refractivity contribution in [2.45, 2.75) is 13.8 Å². The number of carbonyl (C=O) groups excluding carboxylic acids is 1. The maximum atomic E-state index is 10.7. The summed E-state index contributed by atoms with van der Waals surface area (Å²) >= 11 is 0. The Labute approximate surface area is 137 Å². The van der Waals surface area contributed by atoms with Crippen molar-refractivity contribution in [2.75, 3.05) is 14.1 Å². The van der Waals surface area contributed by atoms with Gasteiger partial charge < -0.3 is 15.9 Å². The minimum atomic E-state index is -0.113. The average molecular weight is 316 g/mol. The van der Waals surface area contributed by atoms with Gasteiger partial charge in [0.05, 0.1) is 5.56 Å². The van der Waals surface area contributed by atoms with Crippen LogP contribution in [-0.4, -0.2) is 35.8 Å². The topological polar surface area (TPSA) is 95.9 Å². The standard InChI is InChI=1S/C9H11NO.C8H8O2.CH5N/c1-7(10-2)8-5-3-4-6-9(8)11;1-6(9)7-4-2-3-5-8(7)10;1-2/h3-6,11H,1-2H3;2-5,10H,1H3;2H2,1H3. The molecule has 0 aliphatic heterocycles. The number of rotatable bonds is 2. The summed E-state index contributed by atoms with van der Waals surface area (Å²) in [7, 11) is 3.21. The molecule has 2 aromatic carbocycles. The fourth-order valence-corrected chi connectivity index (χ4v) is 1.67. The van der Waals surface area contributed by atoms with E-state index in [1.54, 1.807) is 37.4 Å². The summed E-state index contributed by atoms with van der Waals surface area (Å²) in [5.74, 6) is 0.226. The van der Waals surface area contributed by atoms with Crippen LogP contribution in [0.4, 0.5) is 0 Å². The summed E-state index contributed by atoms with van der Waals surface area (Å²) in [5, 5.41) is 18.4. The average Bonchev–Trinajstić information content (AvgIpc) is 2.57. The van der Waals surface area contributed by atoms with E-state index < -0.39 is 0 Å². The van der Waals surface area contributed by atoms with Gasteiger partial charge in [-0.25, -0.2) is 0 Å². The zero-order valence-electron chi connectivity index (χ0n) is 13.9. The number of benzene rings is 2. The molecule has 5 heteroatoms. The summed E-state index contributed by atoms with van der Waals surface area (Å²) in [6.45, 7) is 3.30. The van der Waals surface area contributed by atoms with Crippen LogP contribution in [0.2, 0.25) is 0 Å². The zero-order chi connectivity index (χ0) is 17.8. The van der Waals surface area contributed by atoms with Gasteiger partial charge in [-0.2, -0.15) is 0 Å². The Morgan fingerprint density at radius 3 is 1.57 bits per heavy atom. The number of ketones is 1. The van der Waals surface area contributed by atoms with Crippen LogP contribution in [0, 0.1) is 0 Å². The number of nitrogens with two attached hydrogens (primary N) is 1. The van der Waals surface area contributed by atoms with E-state index in [1.807, 2.05) is 19.1 Å². The van der Waals surface area contributed by atoms with Crippen LogP contribution in [0.25, 0.3) is 0 Å². The Kier molecular flexibility index (Phi) is 9.71. The van der Waals surface area contributed by atoms with Gasteiger partial charge in [0.2, 0.25) is 0 Å². The van der Waals surface area contributed by atoms with E-state index in [9.17, 15) is 9.90 Å². The number of nitrogens with zero attached hydrogens (tertiary/aromatic N) is 1. The van der Waals surface area contributed by atoms with Crippen LogP contribution in [0.1, 0.15) is 29.8 Å². The van der Waals surface area contributed by atoms with Gasteiger partial charge in [-0.15, -0.1) is 0 Å². The number of carbonyl (C=O) groups is 1. The first-order valence-electron chi connectivity index (χ1n) is 7.05. The number of hydrogen-bond acceptors (Lipinski definition) is 5. The largest absolute Gasteiger partial charge is 0.507 e. The monoisotopic (exact) mass is 316 g/mol. The molecule has 0 bridgehead atoms. The van der Waals surface area contributed by atoms with Gasteiger partial charge >= 0.3 is 0 Å². The first kappa shape index (κ1) is 20.3. The third kappa shape index (κ3) is 6.76. The second-order valence-electron chi connectivity index (χ2n) is 4.40. The number of hydrogen-bond donors (Lipinski definition) is 3. The number of phenolic OH excluding ortho intramolecular Hbond substituents is 2. The highest BCUT2D eigenvalue weighted by Crippen LogP contribution is 2.16. The second kappa shape index (κ2) is 11.0. The smallest absolute Gasteiger partial charge is 0.163 e. The minimum Gasteiger partial charge on any atom is -0.507 e. The van der Waals surface area contributed by atoms with Crippen molar-refractivity contribution in [1.82, 2.24) is 0 Å². The van der Waals surface area contributed by atoms with E-state index in [-0.39, 0.29) is 17.3 Å². The van der Waals surface area contributed by atoms with E-state index in [0.717, 1.165) is 11.3 Å². The Morgan fingerprint density at radius 1 is 0.870 bits per heavy atom. The molecule has 2 aromatic rings. The highest BCUT2D eigenvalue weighted by atomic mass is 16.3. The maximum absolute atomic E-state index is 10.7. The molecule has 0 saturated heterocycles. The molecule has 0 atom stereocenters. The number of para-hydroxylation sites is 2. The lowest BCUT2D eigenvalue weighted by Crippen LogP contribution is -1.93. The molecule has 0 aromatic heterocycles. The molecular formula is C18H24N2O3. The number of phenols is 2. The van der Waals surface area contributed by atoms with Crippen molar-refractivity contribution in [3.05, 3.63) is 59.7 Å². The molecular weight excluding hydrogens is 292 g/mol. The molecule has 5 nitrogen and oxygen atoms in total. The Hall–Kier alpha value is -2.66. The molecule has 0 aliphatic rings. The van der Waals surface area contributed by atoms with Crippen molar-refractivity contribution in [3.63, 3.8) is 0 Å². The molecule has 0 aliphatic carbocycles. The Balaban J connectivity index is 0.000000381. The summed E-state index contributed by atoms with van der Waals surface area (Å²) < 4.78 is 0. The Morgan fingerprint density at radius 2 is 1.26 bits per heavy atom. The van der Waals surface area contributed by atoms with Crippen LogP contribution >= 0.6 is 0 Å². The van der Waals surface area contributed by atoms with Crippen molar-refractivity contribution in [1.29, 1.82) is 0 Å². The summed E-state index contributed by atoms with van der Waals surface area (Å²) in [6, 6.07) is 13.7. The van der Waals surface area contributed by atoms with Crippen molar-refractivity contribution >= 4 is 11.5 Å². The SMILES string of the molecule is CC(=O)c1ccccc1O.CN.CN=C(C)c1ccccc1O. The van der Waals surface area contributed by atoms with E-state index in [2.05, 4.69) is 10.7 Å². The van der Waals surface area contributed by atoms with Gasteiger partial charge in [0.25, 0.3) is 0 Å². The van der Waals surface area contributed by atoms with Gasteiger partial charge in [0, 0.05) is 18.3 Å². The van der Waals surface area contributed by atoms with E-state index in [0.29, 0.717) is 5.56 Å². The van der Waals surface area contributed by atoms with Crippen molar-refractivity contribution < 1.29 is 15.0 Å². The summed E-state index contributed by atoms with van der Waals surface area (Å²) in [6.07, 6.45) is 0. The summed E-state index contributed by atoms with van der Waals surface area (Å²) in [4.78, 5) is 14.7. The lowest BCUT2D eigenvalue weighted by atomic mass is 10.1. The van der Waals surface area contributed by atoms with E-state index in [4.69, 9.17) is 5.11 Å². The molecule has 0 fully saturated rings. The van der Waals surface area contributed by atoms with Gasteiger partial charge in [-0.1, -0.05) is 24.3 Å². The van der Waals surface area contributed by atoms with Crippen LogP contribution in [0.15, 0.2) is 53.5 Å². The minimum absolute atomic E-state index is 0.0509. The highest BCUT2D eigenvalue weighted by molar-refractivity contribution is 6.00.